The van der Waals surface area contributed by atoms with Crippen LogP contribution in [0.1, 0.15) is 10.4 Å². The molecule has 8 heteroatoms. The molecular weight excluding hydrogens is 363 g/mol. The Morgan fingerprint density at radius 3 is 2.44 bits per heavy atom. The van der Waals surface area contributed by atoms with Gasteiger partial charge in [-0.3, -0.25) is 4.79 Å². The fourth-order valence-corrected chi connectivity index (χ4v) is 2.93. The van der Waals surface area contributed by atoms with E-state index in [2.05, 4.69) is 0 Å². The number of carbonyl (C=O) groups is 1. The highest BCUT2D eigenvalue weighted by atomic mass is 19.1. The van der Waals surface area contributed by atoms with Crippen LogP contribution in [0.15, 0.2) is 41.3 Å². The number of ether oxygens (including phenoxy) is 1. The Hall–Kier alpha value is -3.29. The highest BCUT2D eigenvalue weighted by molar-refractivity contribution is 5.94. The maximum absolute atomic E-state index is 15.2. The number of carboxylic acids is 1. The van der Waals surface area contributed by atoms with E-state index < -0.39 is 46.2 Å². The summed E-state index contributed by atoms with van der Waals surface area (Å²) in [4.78, 5) is 23.6. The number of alkyl halides is 1. The maximum Gasteiger partial charge on any atom is 0.341 e. The summed E-state index contributed by atoms with van der Waals surface area (Å²) in [6, 6.07) is 6.69. The summed E-state index contributed by atoms with van der Waals surface area (Å²) >= 11 is 0. The number of methoxy groups -OCH3 is 1. The predicted octanol–water partition coefficient (Wildman–Crippen LogP) is 3.62. The van der Waals surface area contributed by atoms with Crippen molar-refractivity contribution in [2.45, 2.75) is 6.54 Å². The molecule has 0 atom stereocenters. The molecule has 0 aliphatic rings. The van der Waals surface area contributed by atoms with Crippen molar-refractivity contribution < 1.29 is 27.8 Å². The molecule has 1 N–H and O–H groups in total. The van der Waals surface area contributed by atoms with E-state index in [0.717, 1.165) is 16.8 Å². The zero-order valence-electron chi connectivity index (χ0n) is 14.1. The van der Waals surface area contributed by atoms with Crippen LogP contribution in [-0.4, -0.2) is 29.4 Å². The van der Waals surface area contributed by atoms with Crippen LogP contribution in [0.2, 0.25) is 0 Å². The van der Waals surface area contributed by atoms with Crippen LogP contribution in [0.3, 0.4) is 0 Å². The van der Waals surface area contributed by atoms with Crippen molar-refractivity contribution in [2.24, 2.45) is 0 Å². The number of nitrogens with zero attached hydrogens (tertiary/aromatic N) is 1. The zero-order chi connectivity index (χ0) is 19.7. The van der Waals surface area contributed by atoms with E-state index in [9.17, 15) is 18.4 Å². The van der Waals surface area contributed by atoms with E-state index in [1.54, 1.807) is 0 Å². The molecule has 0 saturated heterocycles. The summed E-state index contributed by atoms with van der Waals surface area (Å²) in [5, 5.41) is 8.67. The molecule has 0 radical (unpaired) electrons. The Bertz CT molecular complexity index is 1090. The molecule has 5 nitrogen and oxygen atoms in total. The minimum Gasteiger partial charge on any atom is -0.497 e. The van der Waals surface area contributed by atoms with Gasteiger partial charge in [0.1, 0.15) is 23.8 Å². The van der Waals surface area contributed by atoms with Gasteiger partial charge in [-0.15, -0.1) is 0 Å². The predicted molar refractivity (Wildman–Crippen MR) is 93.0 cm³/mol. The van der Waals surface area contributed by atoms with Crippen molar-refractivity contribution in [3.8, 4) is 16.9 Å². The van der Waals surface area contributed by atoms with E-state index in [1.165, 1.54) is 31.4 Å². The van der Waals surface area contributed by atoms with Crippen LogP contribution in [0.4, 0.5) is 13.2 Å². The maximum atomic E-state index is 15.2. The van der Waals surface area contributed by atoms with Crippen molar-refractivity contribution in [1.82, 2.24) is 4.57 Å². The third kappa shape index (κ3) is 3.14. The molecule has 140 valence electrons. The lowest BCUT2D eigenvalue weighted by Crippen LogP contribution is -2.20. The molecule has 3 rings (SSSR count). The van der Waals surface area contributed by atoms with Crippen LogP contribution >= 0.6 is 0 Å². The van der Waals surface area contributed by atoms with E-state index >= 15 is 4.39 Å². The number of fused-ring (bicyclic) bond motifs is 1. The molecule has 0 bridgehead atoms. The second-order valence-electron chi connectivity index (χ2n) is 5.73. The molecule has 1 heterocycles. The van der Waals surface area contributed by atoms with Gasteiger partial charge in [-0.1, -0.05) is 12.1 Å². The molecule has 0 amide bonds. The van der Waals surface area contributed by atoms with Gasteiger partial charge >= 0.3 is 5.97 Å². The molecule has 3 aromatic rings. The standard InChI is InChI=1S/C19H14F3NO4/c1-27-11-4-2-10(3-5-11)15-14(21)8-12-17(16(15)22)23(7-6-20)9-13(18(12)24)19(25)26/h2-5,8-9H,6-7H2,1H3,(H,25,26). The molecule has 27 heavy (non-hydrogen) atoms. The number of hydrogen-bond acceptors (Lipinski definition) is 3. The summed E-state index contributed by atoms with van der Waals surface area (Å²) in [6.07, 6.45) is 0.866. The number of aryl methyl sites for hydroxylation is 1. The van der Waals surface area contributed by atoms with E-state index in [-0.39, 0.29) is 17.6 Å². The first kappa shape index (κ1) is 18.5. The molecule has 1 aromatic heterocycles. The Labute approximate surface area is 151 Å². The van der Waals surface area contributed by atoms with E-state index in [4.69, 9.17) is 9.84 Å². The third-order valence-electron chi connectivity index (χ3n) is 4.19. The van der Waals surface area contributed by atoms with Crippen LogP contribution in [0, 0.1) is 11.6 Å². The minimum atomic E-state index is -1.56. The molecule has 0 fully saturated rings. The molecule has 0 aliphatic carbocycles. The second-order valence-corrected chi connectivity index (χ2v) is 5.73. The van der Waals surface area contributed by atoms with Gasteiger partial charge in [-0.25, -0.2) is 18.0 Å². The van der Waals surface area contributed by atoms with Crippen molar-refractivity contribution >= 4 is 16.9 Å². The van der Waals surface area contributed by atoms with Crippen molar-refractivity contribution in [3.63, 3.8) is 0 Å². The highest BCUT2D eigenvalue weighted by Gasteiger charge is 2.22. The summed E-state index contributed by atoms with van der Waals surface area (Å²) in [5.74, 6) is -3.18. The first-order chi connectivity index (χ1) is 12.9. The molecule has 0 unspecified atom stereocenters. The Morgan fingerprint density at radius 1 is 1.22 bits per heavy atom. The first-order valence-electron chi connectivity index (χ1n) is 7.87. The number of halogens is 3. The smallest absolute Gasteiger partial charge is 0.341 e. The van der Waals surface area contributed by atoms with E-state index in [1.807, 2.05) is 0 Å². The van der Waals surface area contributed by atoms with Crippen LogP contribution in [0.5, 0.6) is 5.75 Å². The average Bonchev–Trinajstić information content (AvgIpc) is 2.64. The number of aromatic nitrogens is 1. The number of rotatable bonds is 5. The Kier molecular flexibility index (Phi) is 4.89. The monoisotopic (exact) mass is 377 g/mol. The van der Waals surface area contributed by atoms with E-state index in [0.29, 0.717) is 5.75 Å². The molecule has 0 saturated carbocycles. The lowest BCUT2D eigenvalue weighted by molar-refractivity contribution is 0.0694. The fraction of sp³-hybridized carbons (Fsp3) is 0.158. The highest BCUT2D eigenvalue weighted by Crippen LogP contribution is 2.32. The summed E-state index contributed by atoms with van der Waals surface area (Å²) < 4.78 is 48.7. The number of pyridine rings is 1. The quantitative estimate of drug-likeness (QED) is 0.737. The minimum absolute atomic E-state index is 0.189. The van der Waals surface area contributed by atoms with Crippen LogP contribution < -0.4 is 10.2 Å². The Morgan fingerprint density at radius 2 is 1.89 bits per heavy atom. The number of aromatic carboxylic acids is 1. The molecule has 0 spiro atoms. The second kappa shape index (κ2) is 7.14. The lowest BCUT2D eigenvalue weighted by Gasteiger charge is -2.15. The van der Waals surface area contributed by atoms with Gasteiger partial charge in [0.25, 0.3) is 0 Å². The number of carboxylic acid groups (broad SMARTS) is 1. The largest absolute Gasteiger partial charge is 0.497 e. The molecule has 2 aromatic carbocycles. The summed E-state index contributed by atoms with van der Waals surface area (Å²) in [5.41, 5.74) is -2.29. The van der Waals surface area contributed by atoms with Gasteiger partial charge in [0.2, 0.25) is 5.43 Å². The third-order valence-corrected chi connectivity index (χ3v) is 4.19. The molecular formula is C19H14F3NO4. The zero-order valence-corrected chi connectivity index (χ0v) is 14.1. The first-order valence-corrected chi connectivity index (χ1v) is 7.87. The molecule has 0 aliphatic heterocycles. The van der Waals surface area contributed by atoms with Gasteiger partial charge in [0.15, 0.2) is 5.82 Å². The van der Waals surface area contributed by atoms with Gasteiger partial charge in [-0.05, 0) is 23.8 Å². The van der Waals surface area contributed by atoms with Crippen molar-refractivity contribution in [3.05, 3.63) is 63.9 Å². The van der Waals surface area contributed by atoms with Crippen molar-refractivity contribution in [2.75, 3.05) is 13.8 Å². The Balaban J connectivity index is 2.38. The lowest BCUT2D eigenvalue weighted by atomic mass is 10.0. The number of benzene rings is 2. The van der Waals surface area contributed by atoms with Gasteiger partial charge in [0, 0.05) is 6.20 Å². The topological polar surface area (TPSA) is 68.5 Å². The fourth-order valence-electron chi connectivity index (χ4n) is 2.93. The van der Waals surface area contributed by atoms with Crippen molar-refractivity contribution in [1.29, 1.82) is 0 Å². The SMILES string of the molecule is COc1ccc(-c2c(F)cc3c(=O)c(C(=O)O)cn(CCF)c3c2F)cc1. The van der Waals surface area contributed by atoms with Gasteiger partial charge in [-0.2, -0.15) is 0 Å². The van der Waals surface area contributed by atoms with Crippen LogP contribution in [-0.2, 0) is 6.54 Å². The van der Waals surface area contributed by atoms with Gasteiger partial charge < -0.3 is 14.4 Å². The normalized spacial score (nSPS) is 11.0. The summed E-state index contributed by atoms with van der Waals surface area (Å²) in [7, 11) is 1.45. The van der Waals surface area contributed by atoms with Gasteiger partial charge in [0.05, 0.1) is 30.1 Å². The average molecular weight is 377 g/mol. The summed E-state index contributed by atoms with van der Waals surface area (Å²) in [6.45, 7) is -1.31. The van der Waals surface area contributed by atoms with Crippen LogP contribution in [0.25, 0.3) is 22.0 Å². The number of hydrogen-bond donors (Lipinski definition) is 1.